The van der Waals surface area contributed by atoms with Crippen molar-refractivity contribution in [1.82, 2.24) is 14.5 Å². The topological polar surface area (TPSA) is 80.1 Å². The summed E-state index contributed by atoms with van der Waals surface area (Å²) in [5, 5.41) is 3.70. The highest BCUT2D eigenvalue weighted by Gasteiger charge is 2.19. The number of thiazole rings is 1. The van der Waals surface area contributed by atoms with Crippen LogP contribution in [0.3, 0.4) is 0 Å². The summed E-state index contributed by atoms with van der Waals surface area (Å²) < 4.78 is 1.84. The molecule has 1 aliphatic heterocycles. The summed E-state index contributed by atoms with van der Waals surface area (Å²) in [7, 11) is 0. The third-order valence-electron chi connectivity index (χ3n) is 4.72. The minimum absolute atomic E-state index is 0.0773. The van der Waals surface area contributed by atoms with Crippen molar-refractivity contribution in [3.63, 3.8) is 0 Å². The van der Waals surface area contributed by atoms with E-state index in [4.69, 9.17) is 0 Å². The lowest BCUT2D eigenvalue weighted by Gasteiger charge is -2.11. The van der Waals surface area contributed by atoms with E-state index in [9.17, 15) is 9.59 Å². The summed E-state index contributed by atoms with van der Waals surface area (Å²) in [5.74, 6) is -0.255. The summed E-state index contributed by atoms with van der Waals surface area (Å²) in [6.45, 7) is 5.80. The molecule has 0 unspecified atom stereocenters. The van der Waals surface area contributed by atoms with Crippen LogP contribution >= 0.6 is 11.3 Å². The molecule has 2 aromatic heterocycles. The smallest absolute Gasteiger partial charge is 0.273 e. The SMILES string of the molecule is Cc1ccc(NC(=O)Cn2cnc3nc(N4CCCC4)sc3c2=O)c(C)c1. The Hall–Kier alpha value is -2.74. The fraction of sp³-hybridized carbons (Fsp3) is 0.368. The zero-order valence-electron chi connectivity index (χ0n) is 15.4. The van der Waals surface area contributed by atoms with Crippen LogP contribution in [0.5, 0.6) is 0 Å². The standard InChI is InChI=1S/C19H21N5O2S/c1-12-5-6-14(13(2)9-12)21-15(25)10-24-11-20-17-16(18(24)26)27-19(22-17)23-7-3-4-8-23/h5-6,9,11H,3-4,7-8,10H2,1-2H3,(H,21,25). The van der Waals surface area contributed by atoms with Gasteiger partial charge in [-0.25, -0.2) is 4.98 Å². The van der Waals surface area contributed by atoms with Gasteiger partial charge in [0.05, 0.1) is 0 Å². The Labute approximate surface area is 160 Å². The summed E-state index contributed by atoms with van der Waals surface area (Å²) >= 11 is 1.36. The number of aromatic nitrogens is 3. The number of amides is 1. The molecular formula is C19H21N5O2S. The molecule has 8 heteroatoms. The third kappa shape index (κ3) is 3.57. The fourth-order valence-corrected chi connectivity index (χ4v) is 4.31. The molecule has 27 heavy (non-hydrogen) atoms. The first-order chi connectivity index (χ1) is 13.0. The minimum atomic E-state index is -0.255. The molecule has 140 valence electrons. The van der Waals surface area contributed by atoms with Gasteiger partial charge in [-0.2, -0.15) is 4.98 Å². The maximum absolute atomic E-state index is 12.8. The largest absolute Gasteiger partial charge is 0.348 e. The number of hydrogen-bond donors (Lipinski definition) is 1. The van der Waals surface area contributed by atoms with E-state index in [0.29, 0.717) is 10.3 Å². The molecule has 1 N–H and O–H groups in total. The van der Waals surface area contributed by atoms with Gasteiger partial charge in [0.15, 0.2) is 10.8 Å². The number of rotatable bonds is 4. The van der Waals surface area contributed by atoms with Crippen molar-refractivity contribution < 1.29 is 4.79 Å². The van der Waals surface area contributed by atoms with Gasteiger partial charge in [0.25, 0.3) is 5.56 Å². The Morgan fingerprint density at radius 1 is 1.26 bits per heavy atom. The summed E-state index contributed by atoms with van der Waals surface area (Å²) in [6, 6.07) is 5.82. The lowest BCUT2D eigenvalue weighted by Crippen LogP contribution is -2.27. The molecule has 0 radical (unpaired) electrons. The van der Waals surface area contributed by atoms with Gasteiger partial charge in [-0.1, -0.05) is 29.0 Å². The van der Waals surface area contributed by atoms with E-state index in [1.807, 2.05) is 32.0 Å². The Morgan fingerprint density at radius 2 is 2.04 bits per heavy atom. The number of carbonyl (C=O) groups is 1. The van der Waals surface area contributed by atoms with Crippen molar-refractivity contribution in [1.29, 1.82) is 0 Å². The molecule has 0 aliphatic carbocycles. The van der Waals surface area contributed by atoms with Crippen molar-refractivity contribution >= 4 is 38.4 Å². The molecule has 1 saturated heterocycles. The molecular weight excluding hydrogens is 362 g/mol. The lowest BCUT2D eigenvalue weighted by atomic mass is 10.1. The van der Waals surface area contributed by atoms with E-state index in [1.165, 1.54) is 22.2 Å². The van der Waals surface area contributed by atoms with E-state index in [-0.39, 0.29) is 18.0 Å². The van der Waals surface area contributed by atoms with Crippen molar-refractivity contribution in [3.8, 4) is 0 Å². The Kier molecular flexibility index (Phi) is 4.65. The maximum Gasteiger partial charge on any atom is 0.273 e. The van der Waals surface area contributed by atoms with Crippen LogP contribution in [0.2, 0.25) is 0 Å². The van der Waals surface area contributed by atoms with Crippen LogP contribution < -0.4 is 15.8 Å². The quantitative estimate of drug-likeness (QED) is 0.749. The second kappa shape index (κ2) is 7.11. The predicted molar refractivity (Wildman–Crippen MR) is 108 cm³/mol. The molecule has 4 rings (SSSR count). The second-order valence-corrected chi connectivity index (χ2v) is 7.87. The zero-order chi connectivity index (χ0) is 19.0. The van der Waals surface area contributed by atoms with Gasteiger partial charge in [0.2, 0.25) is 5.91 Å². The molecule has 1 fully saturated rings. The number of hydrogen-bond acceptors (Lipinski definition) is 6. The molecule has 0 saturated carbocycles. The van der Waals surface area contributed by atoms with E-state index in [1.54, 1.807) is 0 Å². The first-order valence-electron chi connectivity index (χ1n) is 8.99. The van der Waals surface area contributed by atoms with Crippen molar-refractivity contribution in [2.24, 2.45) is 0 Å². The lowest BCUT2D eigenvalue weighted by molar-refractivity contribution is -0.116. The third-order valence-corrected chi connectivity index (χ3v) is 5.81. The van der Waals surface area contributed by atoms with Crippen LogP contribution in [-0.4, -0.2) is 33.5 Å². The predicted octanol–water partition coefficient (Wildman–Crippen LogP) is 2.71. The van der Waals surface area contributed by atoms with Gasteiger partial charge in [0, 0.05) is 18.8 Å². The Bertz CT molecular complexity index is 1070. The van der Waals surface area contributed by atoms with Crippen molar-refractivity contribution in [2.45, 2.75) is 33.2 Å². The summed E-state index contributed by atoms with van der Waals surface area (Å²) in [4.78, 5) is 36.1. The van der Waals surface area contributed by atoms with Crippen LogP contribution in [0.25, 0.3) is 10.3 Å². The molecule has 3 heterocycles. The molecule has 7 nitrogen and oxygen atoms in total. The highest BCUT2D eigenvalue weighted by atomic mass is 32.1. The Balaban J connectivity index is 1.55. The van der Waals surface area contributed by atoms with E-state index >= 15 is 0 Å². The Morgan fingerprint density at radius 3 is 2.78 bits per heavy atom. The fourth-order valence-electron chi connectivity index (χ4n) is 3.29. The molecule has 1 aromatic carbocycles. The molecule has 0 atom stereocenters. The number of fused-ring (bicyclic) bond motifs is 1. The number of benzene rings is 1. The average Bonchev–Trinajstić information content (AvgIpc) is 3.29. The number of nitrogens with one attached hydrogen (secondary N) is 1. The summed E-state index contributed by atoms with van der Waals surface area (Å²) in [6.07, 6.45) is 3.69. The number of nitrogens with zero attached hydrogens (tertiary/aromatic N) is 4. The number of carbonyl (C=O) groups excluding carboxylic acids is 1. The van der Waals surface area contributed by atoms with Crippen LogP contribution in [0, 0.1) is 13.8 Å². The highest BCUT2D eigenvalue weighted by molar-refractivity contribution is 7.22. The molecule has 0 bridgehead atoms. The van der Waals surface area contributed by atoms with Crippen LogP contribution in [0.15, 0.2) is 29.3 Å². The number of anilines is 2. The first kappa shape index (κ1) is 17.7. The monoisotopic (exact) mass is 383 g/mol. The van der Waals surface area contributed by atoms with E-state index in [2.05, 4.69) is 20.2 Å². The van der Waals surface area contributed by atoms with Crippen molar-refractivity contribution in [2.75, 3.05) is 23.3 Å². The van der Waals surface area contributed by atoms with Crippen molar-refractivity contribution in [3.05, 3.63) is 46.0 Å². The second-order valence-electron chi connectivity index (χ2n) is 6.89. The van der Waals surface area contributed by atoms with E-state index in [0.717, 1.165) is 47.9 Å². The molecule has 3 aromatic rings. The number of aryl methyl sites for hydroxylation is 2. The first-order valence-corrected chi connectivity index (χ1v) is 9.81. The van der Waals surface area contributed by atoms with Gasteiger partial charge in [-0.3, -0.25) is 14.2 Å². The average molecular weight is 383 g/mol. The van der Waals surface area contributed by atoms with Gasteiger partial charge in [-0.05, 0) is 38.3 Å². The minimum Gasteiger partial charge on any atom is -0.348 e. The normalized spacial score (nSPS) is 14.1. The highest BCUT2D eigenvalue weighted by Crippen LogP contribution is 2.27. The van der Waals surface area contributed by atoms with Gasteiger partial charge in [0.1, 0.15) is 17.6 Å². The zero-order valence-corrected chi connectivity index (χ0v) is 16.2. The maximum atomic E-state index is 12.8. The van der Waals surface area contributed by atoms with Gasteiger partial charge in [-0.15, -0.1) is 0 Å². The van der Waals surface area contributed by atoms with Gasteiger partial charge < -0.3 is 10.2 Å². The van der Waals surface area contributed by atoms with Crippen LogP contribution in [0.1, 0.15) is 24.0 Å². The van der Waals surface area contributed by atoms with Crippen LogP contribution in [-0.2, 0) is 11.3 Å². The summed E-state index contributed by atoms with van der Waals surface area (Å²) in [5.41, 5.74) is 3.11. The molecule has 1 aliphatic rings. The molecule has 0 spiro atoms. The van der Waals surface area contributed by atoms with Crippen LogP contribution in [0.4, 0.5) is 10.8 Å². The van der Waals surface area contributed by atoms with E-state index < -0.39 is 0 Å². The molecule has 1 amide bonds. The van der Waals surface area contributed by atoms with Gasteiger partial charge >= 0.3 is 0 Å².